The fraction of sp³-hybridized carbons (Fsp3) is 0.438. The number of Topliss-reactive ketones (excluding diaryl/α,β-unsaturated/α-hetero) is 1. The molecule has 0 spiro atoms. The molecule has 0 radical (unpaired) electrons. The average molecular weight is 244 g/mol. The van der Waals surface area contributed by atoms with Crippen LogP contribution in [-0.4, -0.2) is 12.4 Å². The van der Waals surface area contributed by atoms with Gasteiger partial charge in [-0.2, -0.15) is 0 Å². The Hall–Kier alpha value is -1.75. The third-order valence-corrected chi connectivity index (χ3v) is 2.27. The molecule has 0 amide bonds. The highest BCUT2D eigenvalue weighted by Gasteiger charge is 2.09. The Labute approximate surface area is 109 Å². The lowest BCUT2D eigenvalue weighted by Crippen LogP contribution is -2.04. The Kier molecular flexibility index (Phi) is 4.97. The van der Waals surface area contributed by atoms with E-state index in [1.165, 1.54) is 0 Å². The molecular weight excluding hydrogens is 224 g/mol. The predicted molar refractivity (Wildman–Crippen MR) is 73.8 cm³/mol. The van der Waals surface area contributed by atoms with E-state index >= 15 is 0 Å². The molecule has 2 heteroatoms. The molecule has 0 heterocycles. The van der Waals surface area contributed by atoms with E-state index in [-0.39, 0.29) is 11.2 Å². The van der Waals surface area contributed by atoms with E-state index in [9.17, 15) is 4.79 Å². The molecule has 96 valence electrons. The zero-order valence-electron chi connectivity index (χ0n) is 11.5. The van der Waals surface area contributed by atoms with Gasteiger partial charge in [-0.15, -0.1) is 0 Å². The summed E-state index contributed by atoms with van der Waals surface area (Å²) in [5.74, 6) is 6.78. The monoisotopic (exact) mass is 244 g/mol. The normalized spacial score (nSPS) is 10.4. The quantitative estimate of drug-likeness (QED) is 0.596. The van der Waals surface area contributed by atoms with Crippen LogP contribution < -0.4 is 4.74 Å². The molecule has 0 saturated heterocycles. The molecule has 0 N–H and O–H groups in total. The SMILES string of the molecule is CCC(=O)c1ccccc1OCC#CC(C)(C)C. The Morgan fingerprint density at radius 1 is 1.28 bits per heavy atom. The summed E-state index contributed by atoms with van der Waals surface area (Å²) in [7, 11) is 0. The van der Waals surface area contributed by atoms with E-state index in [4.69, 9.17) is 4.74 Å². The van der Waals surface area contributed by atoms with E-state index in [2.05, 4.69) is 32.6 Å². The summed E-state index contributed by atoms with van der Waals surface area (Å²) < 4.78 is 5.56. The highest BCUT2D eigenvalue weighted by Crippen LogP contribution is 2.19. The van der Waals surface area contributed by atoms with Crippen LogP contribution in [0.5, 0.6) is 5.75 Å². The van der Waals surface area contributed by atoms with Gasteiger partial charge in [-0.3, -0.25) is 4.79 Å². The molecule has 18 heavy (non-hydrogen) atoms. The number of ether oxygens (including phenoxy) is 1. The molecule has 0 aliphatic heterocycles. The fourth-order valence-electron chi connectivity index (χ4n) is 1.43. The molecule has 2 nitrogen and oxygen atoms in total. The summed E-state index contributed by atoms with van der Waals surface area (Å²) in [5.41, 5.74) is 0.611. The van der Waals surface area contributed by atoms with Crippen LogP contribution in [-0.2, 0) is 0 Å². The molecule has 0 fully saturated rings. The zero-order valence-corrected chi connectivity index (χ0v) is 11.5. The maximum absolute atomic E-state index is 11.7. The van der Waals surface area contributed by atoms with Crippen molar-refractivity contribution < 1.29 is 9.53 Å². The van der Waals surface area contributed by atoms with Crippen LogP contribution in [0.15, 0.2) is 24.3 Å². The minimum absolute atomic E-state index is 0.0257. The molecule has 0 unspecified atom stereocenters. The van der Waals surface area contributed by atoms with Crippen molar-refractivity contribution in [2.45, 2.75) is 34.1 Å². The van der Waals surface area contributed by atoms with Gasteiger partial charge < -0.3 is 4.74 Å². The van der Waals surface area contributed by atoms with Gasteiger partial charge >= 0.3 is 0 Å². The summed E-state index contributed by atoms with van der Waals surface area (Å²) in [6.45, 7) is 8.31. The van der Waals surface area contributed by atoms with Crippen LogP contribution in [0.4, 0.5) is 0 Å². The first-order chi connectivity index (χ1) is 8.44. The van der Waals surface area contributed by atoms with E-state index < -0.39 is 0 Å². The van der Waals surface area contributed by atoms with Crippen molar-refractivity contribution in [3.63, 3.8) is 0 Å². The molecule has 0 bridgehead atoms. The van der Waals surface area contributed by atoms with Gasteiger partial charge in [-0.25, -0.2) is 0 Å². The van der Waals surface area contributed by atoms with Crippen LogP contribution in [0, 0.1) is 17.3 Å². The minimum atomic E-state index is -0.0257. The van der Waals surface area contributed by atoms with Crippen molar-refractivity contribution in [2.24, 2.45) is 5.41 Å². The number of carbonyl (C=O) groups excluding carboxylic acids is 1. The van der Waals surface area contributed by atoms with E-state index in [0.29, 0.717) is 24.3 Å². The van der Waals surface area contributed by atoms with Crippen LogP contribution in [0.2, 0.25) is 0 Å². The molecule has 0 aliphatic carbocycles. The van der Waals surface area contributed by atoms with E-state index in [1.807, 2.05) is 25.1 Å². The lowest BCUT2D eigenvalue weighted by atomic mass is 9.98. The largest absolute Gasteiger partial charge is 0.480 e. The van der Waals surface area contributed by atoms with E-state index in [0.717, 1.165) is 0 Å². The second-order valence-electron chi connectivity index (χ2n) is 5.11. The molecular formula is C16H20O2. The molecule has 0 aliphatic rings. The lowest BCUT2D eigenvalue weighted by molar-refractivity contribution is 0.0985. The molecule has 0 saturated carbocycles. The number of hydrogen-bond donors (Lipinski definition) is 0. The van der Waals surface area contributed by atoms with Gasteiger partial charge in [0.25, 0.3) is 0 Å². The van der Waals surface area contributed by atoms with Crippen molar-refractivity contribution in [1.82, 2.24) is 0 Å². The molecule has 0 atom stereocenters. The number of ketones is 1. The van der Waals surface area contributed by atoms with Gasteiger partial charge in [-0.1, -0.05) is 30.9 Å². The maximum atomic E-state index is 11.7. The van der Waals surface area contributed by atoms with Crippen molar-refractivity contribution >= 4 is 5.78 Å². The van der Waals surface area contributed by atoms with Gasteiger partial charge in [0.15, 0.2) is 5.78 Å². The standard InChI is InChI=1S/C16H20O2/c1-5-14(17)13-9-6-7-10-15(13)18-12-8-11-16(2,3)4/h6-7,9-10H,5,12H2,1-4H3. The van der Waals surface area contributed by atoms with Gasteiger partial charge in [0.1, 0.15) is 12.4 Å². The highest BCUT2D eigenvalue weighted by atomic mass is 16.5. The van der Waals surface area contributed by atoms with Gasteiger partial charge in [0.05, 0.1) is 5.56 Å². The molecule has 1 aromatic carbocycles. The van der Waals surface area contributed by atoms with Crippen molar-refractivity contribution in [3.8, 4) is 17.6 Å². The average Bonchev–Trinajstić information content (AvgIpc) is 2.33. The van der Waals surface area contributed by atoms with Gasteiger partial charge in [0, 0.05) is 11.8 Å². The summed E-state index contributed by atoms with van der Waals surface area (Å²) >= 11 is 0. The number of para-hydroxylation sites is 1. The Morgan fingerprint density at radius 2 is 1.94 bits per heavy atom. The third-order valence-electron chi connectivity index (χ3n) is 2.27. The highest BCUT2D eigenvalue weighted by molar-refractivity contribution is 5.98. The Balaban J connectivity index is 2.73. The first kappa shape index (κ1) is 14.3. The first-order valence-electron chi connectivity index (χ1n) is 6.19. The first-order valence-corrected chi connectivity index (χ1v) is 6.19. The van der Waals surface area contributed by atoms with Gasteiger partial charge in [0.2, 0.25) is 0 Å². The summed E-state index contributed by atoms with van der Waals surface area (Å²) in [5, 5.41) is 0. The number of hydrogen-bond acceptors (Lipinski definition) is 2. The summed E-state index contributed by atoms with van der Waals surface area (Å²) in [6, 6.07) is 7.30. The van der Waals surface area contributed by atoms with Crippen LogP contribution in [0.3, 0.4) is 0 Å². The summed E-state index contributed by atoms with van der Waals surface area (Å²) in [6.07, 6.45) is 0.480. The Morgan fingerprint density at radius 3 is 2.56 bits per heavy atom. The van der Waals surface area contributed by atoms with E-state index in [1.54, 1.807) is 6.07 Å². The molecule has 1 aromatic rings. The predicted octanol–water partition coefficient (Wildman–Crippen LogP) is 3.71. The smallest absolute Gasteiger partial charge is 0.166 e. The van der Waals surface area contributed by atoms with Crippen molar-refractivity contribution in [2.75, 3.05) is 6.61 Å². The maximum Gasteiger partial charge on any atom is 0.166 e. The minimum Gasteiger partial charge on any atom is -0.480 e. The third kappa shape index (κ3) is 4.63. The van der Waals surface area contributed by atoms with Crippen molar-refractivity contribution in [3.05, 3.63) is 29.8 Å². The van der Waals surface area contributed by atoms with Crippen LogP contribution in [0.25, 0.3) is 0 Å². The molecule has 0 aromatic heterocycles. The van der Waals surface area contributed by atoms with Crippen LogP contribution >= 0.6 is 0 Å². The fourth-order valence-corrected chi connectivity index (χ4v) is 1.43. The zero-order chi connectivity index (χ0) is 13.6. The Bertz CT molecular complexity index is 470. The molecule has 1 rings (SSSR count). The topological polar surface area (TPSA) is 26.3 Å². The number of benzene rings is 1. The number of carbonyl (C=O) groups is 1. The van der Waals surface area contributed by atoms with Crippen LogP contribution in [0.1, 0.15) is 44.5 Å². The second kappa shape index (κ2) is 6.26. The number of rotatable bonds is 4. The van der Waals surface area contributed by atoms with Gasteiger partial charge in [-0.05, 0) is 32.9 Å². The second-order valence-corrected chi connectivity index (χ2v) is 5.11. The van der Waals surface area contributed by atoms with Crippen molar-refractivity contribution in [1.29, 1.82) is 0 Å². The summed E-state index contributed by atoms with van der Waals surface area (Å²) in [4.78, 5) is 11.7. The lowest BCUT2D eigenvalue weighted by Gasteiger charge is -2.09.